The van der Waals surface area contributed by atoms with Crippen molar-refractivity contribution in [2.75, 3.05) is 0 Å². The molecule has 5 heteroatoms. The molecule has 0 bridgehead atoms. The zero-order chi connectivity index (χ0) is 12.6. The van der Waals surface area contributed by atoms with E-state index in [0.717, 1.165) is 25.8 Å². The summed E-state index contributed by atoms with van der Waals surface area (Å²) in [5.41, 5.74) is 2.70. The summed E-state index contributed by atoms with van der Waals surface area (Å²) in [6, 6.07) is 5.89. The first-order valence-corrected chi connectivity index (χ1v) is 6.70. The lowest BCUT2D eigenvalue weighted by molar-refractivity contribution is 0.209. The maximum atomic E-state index is 10.4. The first-order valence-electron chi connectivity index (χ1n) is 5.11. The van der Waals surface area contributed by atoms with E-state index in [1.165, 1.54) is 0 Å². The first-order chi connectivity index (χ1) is 7.99. The lowest BCUT2D eigenvalue weighted by Crippen LogP contribution is -2.07. The number of hydrogen-bond acceptors (Lipinski definition) is 2. The molecule has 0 saturated heterocycles. The van der Waals surface area contributed by atoms with Gasteiger partial charge in [0.15, 0.2) is 0 Å². The van der Waals surface area contributed by atoms with Gasteiger partial charge in [-0.1, -0.05) is 22.0 Å². The number of aromatic nitrogens is 2. The van der Waals surface area contributed by atoms with Crippen molar-refractivity contribution in [2.45, 2.75) is 13.0 Å². The van der Waals surface area contributed by atoms with Crippen LogP contribution in [-0.4, -0.2) is 14.9 Å². The molecule has 3 nitrogen and oxygen atoms in total. The molecule has 0 radical (unpaired) electrons. The Morgan fingerprint density at radius 1 is 1.29 bits per heavy atom. The highest BCUT2D eigenvalue weighted by atomic mass is 79.9. The molecule has 1 aromatic heterocycles. The Balaban J connectivity index is 2.47. The zero-order valence-electron chi connectivity index (χ0n) is 9.48. The van der Waals surface area contributed by atoms with Gasteiger partial charge in [-0.25, -0.2) is 0 Å². The van der Waals surface area contributed by atoms with E-state index in [0.29, 0.717) is 0 Å². The molecule has 0 aliphatic carbocycles. The van der Waals surface area contributed by atoms with Crippen LogP contribution in [0, 0.1) is 6.92 Å². The fraction of sp³-hybridized carbons (Fsp3) is 0.250. The largest absolute Gasteiger partial charge is 0.382 e. The first kappa shape index (κ1) is 12.8. The third-order valence-corrected chi connectivity index (χ3v) is 3.65. The summed E-state index contributed by atoms with van der Waals surface area (Å²) in [7, 11) is 1.81. The molecule has 0 fully saturated rings. The molecule has 1 atom stereocenters. The molecule has 17 heavy (non-hydrogen) atoms. The average molecular weight is 360 g/mol. The van der Waals surface area contributed by atoms with Crippen molar-refractivity contribution in [3.05, 3.63) is 50.2 Å². The molecule has 0 spiro atoms. The van der Waals surface area contributed by atoms with Crippen molar-refractivity contribution in [3.8, 4) is 0 Å². The van der Waals surface area contributed by atoms with Gasteiger partial charge in [-0.2, -0.15) is 5.10 Å². The summed E-state index contributed by atoms with van der Waals surface area (Å²) in [4.78, 5) is 0. The summed E-state index contributed by atoms with van der Waals surface area (Å²) in [6.07, 6.45) is 0.997. The summed E-state index contributed by atoms with van der Waals surface area (Å²) >= 11 is 6.83. The van der Waals surface area contributed by atoms with Gasteiger partial charge in [0.1, 0.15) is 6.10 Å². The van der Waals surface area contributed by atoms with Crippen LogP contribution in [-0.2, 0) is 7.05 Å². The average Bonchev–Trinajstić information content (AvgIpc) is 2.56. The minimum Gasteiger partial charge on any atom is -0.382 e. The van der Waals surface area contributed by atoms with Crippen molar-refractivity contribution >= 4 is 31.9 Å². The molecular formula is C12H12Br2N2O. The van der Waals surface area contributed by atoms with Crippen LogP contribution in [0.5, 0.6) is 0 Å². The number of halogens is 2. The van der Waals surface area contributed by atoms with Crippen LogP contribution in [0.2, 0.25) is 0 Å². The van der Waals surface area contributed by atoms with Gasteiger partial charge in [0.2, 0.25) is 0 Å². The van der Waals surface area contributed by atoms with Crippen molar-refractivity contribution in [1.29, 1.82) is 0 Å². The van der Waals surface area contributed by atoms with E-state index in [-0.39, 0.29) is 0 Å². The second kappa shape index (κ2) is 4.92. The Morgan fingerprint density at radius 3 is 2.53 bits per heavy atom. The smallest absolute Gasteiger partial charge is 0.122 e. The van der Waals surface area contributed by atoms with Crippen LogP contribution in [0.4, 0.5) is 0 Å². The van der Waals surface area contributed by atoms with E-state index < -0.39 is 6.10 Å². The molecule has 1 heterocycles. The number of rotatable bonds is 2. The van der Waals surface area contributed by atoms with Crippen LogP contribution in [0.25, 0.3) is 0 Å². The molecule has 90 valence electrons. The van der Waals surface area contributed by atoms with Crippen LogP contribution < -0.4 is 0 Å². The number of hydrogen-bond donors (Lipinski definition) is 1. The third-order valence-electron chi connectivity index (χ3n) is 2.58. The number of aliphatic hydroxyl groups is 1. The van der Waals surface area contributed by atoms with Crippen molar-refractivity contribution in [3.63, 3.8) is 0 Å². The summed E-state index contributed by atoms with van der Waals surface area (Å²) in [5.74, 6) is 0. The normalized spacial score (nSPS) is 12.8. The van der Waals surface area contributed by atoms with Gasteiger partial charge in [-0.15, -0.1) is 0 Å². The summed E-state index contributed by atoms with van der Waals surface area (Å²) in [6.45, 7) is 2.00. The zero-order valence-corrected chi connectivity index (χ0v) is 12.7. The lowest BCUT2D eigenvalue weighted by atomic mass is 10.0. The Kier molecular flexibility index (Phi) is 3.70. The van der Waals surface area contributed by atoms with Gasteiger partial charge in [-0.3, -0.25) is 4.68 Å². The number of nitrogens with zero attached hydrogens (tertiary/aromatic N) is 2. The highest BCUT2D eigenvalue weighted by Gasteiger charge is 2.18. The topological polar surface area (TPSA) is 38.1 Å². The van der Waals surface area contributed by atoms with Crippen LogP contribution in [0.1, 0.15) is 22.9 Å². The van der Waals surface area contributed by atoms with E-state index in [1.54, 1.807) is 10.9 Å². The number of aliphatic hydroxyl groups excluding tert-OH is 1. The van der Waals surface area contributed by atoms with E-state index in [9.17, 15) is 5.11 Å². The van der Waals surface area contributed by atoms with Gasteiger partial charge in [-0.05, 0) is 46.1 Å². The van der Waals surface area contributed by atoms with Crippen LogP contribution >= 0.6 is 31.9 Å². The predicted molar refractivity (Wildman–Crippen MR) is 73.8 cm³/mol. The maximum Gasteiger partial charge on any atom is 0.122 e. The predicted octanol–water partition coefficient (Wildman–Crippen LogP) is 3.34. The van der Waals surface area contributed by atoms with Gasteiger partial charge in [0.05, 0.1) is 16.4 Å². The molecular weight excluding hydrogens is 348 g/mol. The van der Waals surface area contributed by atoms with E-state index >= 15 is 0 Å². The third kappa shape index (κ3) is 2.61. The Morgan fingerprint density at radius 2 is 2.00 bits per heavy atom. The highest BCUT2D eigenvalue weighted by molar-refractivity contribution is 9.10. The van der Waals surface area contributed by atoms with Crippen LogP contribution in [0.15, 0.2) is 33.3 Å². The lowest BCUT2D eigenvalue weighted by Gasteiger charge is -2.13. The molecule has 0 saturated carbocycles. The highest BCUT2D eigenvalue weighted by Crippen LogP contribution is 2.30. The quantitative estimate of drug-likeness (QED) is 0.892. The van der Waals surface area contributed by atoms with E-state index in [2.05, 4.69) is 37.0 Å². The molecule has 0 amide bonds. The molecule has 1 N–H and O–H groups in total. The van der Waals surface area contributed by atoms with Gasteiger partial charge in [0.25, 0.3) is 0 Å². The summed E-state index contributed by atoms with van der Waals surface area (Å²) in [5, 5.41) is 14.5. The minimum absolute atomic E-state index is 0.687. The van der Waals surface area contributed by atoms with Crippen molar-refractivity contribution in [1.82, 2.24) is 9.78 Å². The Labute approximate surface area is 117 Å². The van der Waals surface area contributed by atoms with Crippen LogP contribution in [0.3, 0.4) is 0 Å². The molecule has 1 unspecified atom stereocenters. The molecule has 2 rings (SSSR count). The van der Waals surface area contributed by atoms with E-state index in [4.69, 9.17) is 0 Å². The van der Waals surface area contributed by atoms with Gasteiger partial charge < -0.3 is 5.11 Å². The molecule has 0 aliphatic heterocycles. The monoisotopic (exact) mass is 358 g/mol. The molecule has 1 aromatic carbocycles. The Hall–Kier alpha value is -0.650. The fourth-order valence-corrected chi connectivity index (χ4v) is 3.00. The summed E-state index contributed by atoms with van der Waals surface area (Å²) < 4.78 is 3.44. The maximum absolute atomic E-state index is 10.4. The number of benzene rings is 1. The second-order valence-corrected chi connectivity index (χ2v) is 5.74. The fourth-order valence-electron chi connectivity index (χ4n) is 1.81. The Bertz CT molecular complexity index is 512. The molecule has 2 aromatic rings. The van der Waals surface area contributed by atoms with Crippen molar-refractivity contribution < 1.29 is 5.11 Å². The van der Waals surface area contributed by atoms with Gasteiger partial charge >= 0.3 is 0 Å². The minimum atomic E-state index is -0.687. The van der Waals surface area contributed by atoms with Crippen molar-refractivity contribution in [2.24, 2.45) is 7.05 Å². The second-order valence-electron chi connectivity index (χ2n) is 3.97. The standard InChI is InChI=1S/C12H12Br2N2O/c1-7-3-8(5-9(13)4-7)12(17)11-10(14)6-15-16(11)2/h3-6,12,17H,1-2H3. The van der Waals surface area contributed by atoms with Gasteiger partial charge in [0, 0.05) is 11.5 Å². The van der Waals surface area contributed by atoms with E-state index in [1.807, 2.05) is 32.2 Å². The number of aryl methyl sites for hydroxylation is 2. The SMILES string of the molecule is Cc1cc(Br)cc(C(O)c2c(Br)cnn2C)c1. The molecule has 0 aliphatic rings.